The number of nitrogens with one attached hydrogen (secondary N) is 1. The smallest absolute Gasteiger partial charge is 0.330 e. The van der Waals surface area contributed by atoms with E-state index in [2.05, 4.69) is 5.32 Å². The molecule has 0 amide bonds. The van der Waals surface area contributed by atoms with Crippen LogP contribution in [0.1, 0.15) is 17.0 Å². The maximum atomic E-state index is 11.6. The molecule has 0 radical (unpaired) electrons. The Morgan fingerprint density at radius 2 is 1.87 bits per heavy atom. The molecule has 2 aromatic carbocycles. The van der Waals surface area contributed by atoms with Crippen molar-refractivity contribution in [3.8, 4) is 23.0 Å². The second-order valence-corrected chi connectivity index (χ2v) is 5.67. The highest BCUT2D eigenvalue weighted by molar-refractivity contribution is 5.83. The number of aromatic hydroxyl groups is 3. The number of ether oxygens (including phenoxy) is 1. The van der Waals surface area contributed by atoms with Gasteiger partial charge in [-0.1, -0.05) is 0 Å². The number of fused-ring (bicyclic) bond motifs is 5. The monoisotopic (exact) mass is 315 g/mol. The highest BCUT2D eigenvalue weighted by Crippen LogP contribution is 2.52. The SMILES string of the molecule is O=C(O)C1Nc2cc(O)cc(O)c2C2c3cc(O)ccc3OC12. The van der Waals surface area contributed by atoms with E-state index in [1.165, 1.54) is 24.3 Å². The fraction of sp³-hybridized carbons (Fsp3) is 0.188. The maximum absolute atomic E-state index is 11.6. The second-order valence-electron chi connectivity index (χ2n) is 5.67. The van der Waals surface area contributed by atoms with Gasteiger partial charge in [0.1, 0.15) is 29.1 Å². The first kappa shape index (κ1) is 13.6. The minimum absolute atomic E-state index is 0.0261. The summed E-state index contributed by atoms with van der Waals surface area (Å²) in [5, 5.41) is 41.9. The Hall–Kier alpha value is -3.09. The molecule has 0 saturated carbocycles. The van der Waals surface area contributed by atoms with Gasteiger partial charge in [-0.15, -0.1) is 0 Å². The van der Waals surface area contributed by atoms with Crippen LogP contribution in [0.4, 0.5) is 5.69 Å². The van der Waals surface area contributed by atoms with E-state index in [-0.39, 0.29) is 17.2 Å². The summed E-state index contributed by atoms with van der Waals surface area (Å²) in [6, 6.07) is 6.03. The van der Waals surface area contributed by atoms with Gasteiger partial charge in [0.2, 0.25) is 0 Å². The van der Waals surface area contributed by atoms with Crippen LogP contribution in [0, 0.1) is 0 Å². The fourth-order valence-electron chi connectivity index (χ4n) is 3.38. The minimum atomic E-state index is -1.11. The van der Waals surface area contributed by atoms with Crippen LogP contribution < -0.4 is 10.1 Å². The van der Waals surface area contributed by atoms with Gasteiger partial charge in [-0.05, 0) is 18.2 Å². The molecule has 23 heavy (non-hydrogen) atoms. The van der Waals surface area contributed by atoms with Crippen molar-refractivity contribution in [3.63, 3.8) is 0 Å². The van der Waals surface area contributed by atoms with Crippen LogP contribution in [0.25, 0.3) is 0 Å². The molecule has 2 heterocycles. The molecule has 0 bridgehead atoms. The third-order valence-electron chi connectivity index (χ3n) is 4.28. The molecule has 0 fully saturated rings. The van der Waals surface area contributed by atoms with Crippen LogP contribution >= 0.6 is 0 Å². The fourth-order valence-corrected chi connectivity index (χ4v) is 3.38. The number of phenolic OH excluding ortho intramolecular Hbond substituents is 3. The number of rotatable bonds is 1. The largest absolute Gasteiger partial charge is 0.508 e. The zero-order chi connectivity index (χ0) is 16.3. The van der Waals surface area contributed by atoms with Crippen molar-refractivity contribution >= 4 is 11.7 Å². The Morgan fingerprint density at radius 3 is 2.61 bits per heavy atom. The lowest BCUT2D eigenvalue weighted by molar-refractivity contribution is -0.140. The molecule has 0 aromatic heterocycles. The Labute approximate surface area is 130 Å². The van der Waals surface area contributed by atoms with Gasteiger partial charge in [0.15, 0.2) is 6.04 Å². The van der Waals surface area contributed by atoms with Crippen LogP contribution in [0.5, 0.6) is 23.0 Å². The first-order valence-corrected chi connectivity index (χ1v) is 7.00. The van der Waals surface area contributed by atoms with Crippen molar-refractivity contribution in [2.75, 3.05) is 5.32 Å². The highest BCUT2D eigenvalue weighted by Gasteiger charge is 2.49. The van der Waals surface area contributed by atoms with Gasteiger partial charge in [-0.3, -0.25) is 0 Å². The first-order valence-electron chi connectivity index (χ1n) is 7.00. The summed E-state index contributed by atoms with van der Waals surface area (Å²) in [6.45, 7) is 0. The van der Waals surface area contributed by atoms with Crippen molar-refractivity contribution in [3.05, 3.63) is 41.5 Å². The third-order valence-corrected chi connectivity index (χ3v) is 4.28. The Bertz CT molecular complexity index is 834. The number of carboxylic acid groups (broad SMARTS) is 1. The summed E-state index contributed by atoms with van der Waals surface area (Å²) in [5.41, 5.74) is 1.37. The summed E-state index contributed by atoms with van der Waals surface area (Å²) in [7, 11) is 0. The molecule has 118 valence electrons. The van der Waals surface area contributed by atoms with E-state index in [0.717, 1.165) is 0 Å². The van der Waals surface area contributed by atoms with E-state index in [1.807, 2.05) is 0 Å². The molecule has 2 aliphatic rings. The predicted octanol–water partition coefficient (Wildman–Crippen LogP) is 1.57. The molecule has 4 rings (SSSR count). The summed E-state index contributed by atoms with van der Waals surface area (Å²) in [6.07, 6.45) is -0.771. The minimum Gasteiger partial charge on any atom is -0.508 e. The molecule has 0 aliphatic carbocycles. The number of hydrogen-bond acceptors (Lipinski definition) is 6. The topological polar surface area (TPSA) is 119 Å². The summed E-state index contributed by atoms with van der Waals surface area (Å²) >= 11 is 0. The molecular weight excluding hydrogens is 302 g/mol. The molecule has 0 spiro atoms. The van der Waals surface area contributed by atoms with Crippen molar-refractivity contribution in [1.29, 1.82) is 0 Å². The van der Waals surface area contributed by atoms with Gasteiger partial charge < -0.3 is 30.5 Å². The molecule has 7 heteroatoms. The average Bonchev–Trinajstić information content (AvgIpc) is 2.84. The van der Waals surface area contributed by atoms with Crippen molar-refractivity contribution in [2.45, 2.75) is 18.1 Å². The van der Waals surface area contributed by atoms with Gasteiger partial charge in [0, 0.05) is 28.9 Å². The van der Waals surface area contributed by atoms with Gasteiger partial charge in [0.25, 0.3) is 0 Å². The van der Waals surface area contributed by atoms with Crippen LogP contribution in [-0.4, -0.2) is 38.5 Å². The van der Waals surface area contributed by atoms with E-state index in [4.69, 9.17) is 4.74 Å². The molecule has 0 saturated heterocycles. The molecule has 2 aromatic rings. The van der Waals surface area contributed by atoms with E-state index in [1.54, 1.807) is 6.07 Å². The van der Waals surface area contributed by atoms with Crippen LogP contribution in [0.3, 0.4) is 0 Å². The third kappa shape index (κ3) is 1.86. The van der Waals surface area contributed by atoms with Gasteiger partial charge in [0.05, 0.1) is 5.92 Å². The zero-order valence-electron chi connectivity index (χ0n) is 11.7. The molecule has 5 N–H and O–H groups in total. The number of benzene rings is 2. The van der Waals surface area contributed by atoms with Crippen molar-refractivity contribution in [1.82, 2.24) is 0 Å². The maximum Gasteiger partial charge on any atom is 0.330 e. The Kier molecular flexibility index (Phi) is 2.63. The lowest BCUT2D eigenvalue weighted by atomic mass is 9.80. The number of phenols is 3. The van der Waals surface area contributed by atoms with Gasteiger partial charge in [-0.2, -0.15) is 0 Å². The van der Waals surface area contributed by atoms with Crippen molar-refractivity contribution < 1.29 is 30.0 Å². The van der Waals surface area contributed by atoms with E-state index < -0.39 is 24.0 Å². The second kappa shape index (κ2) is 4.45. The van der Waals surface area contributed by atoms with Crippen LogP contribution in [0.15, 0.2) is 30.3 Å². The molecule has 7 nitrogen and oxygen atoms in total. The van der Waals surface area contributed by atoms with E-state index in [9.17, 15) is 25.2 Å². The standard InChI is InChI=1S/C16H13NO6/c18-6-1-2-11-8(3-6)12-13-9(4-7(19)5-10(13)20)17-14(16(21)22)15(12)23-11/h1-5,12,14-15,17-20H,(H,21,22). The number of carbonyl (C=O) groups is 1. The Morgan fingerprint density at radius 1 is 1.09 bits per heavy atom. The number of aliphatic carboxylic acids is 1. The number of anilines is 1. The normalized spacial score (nSPS) is 23.9. The molecule has 3 atom stereocenters. The quantitative estimate of drug-likeness (QED) is 0.542. The lowest BCUT2D eigenvalue weighted by Gasteiger charge is -2.34. The van der Waals surface area contributed by atoms with E-state index in [0.29, 0.717) is 22.6 Å². The average molecular weight is 315 g/mol. The van der Waals surface area contributed by atoms with E-state index >= 15 is 0 Å². The molecular formula is C16H13NO6. The van der Waals surface area contributed by atoms with Crippen LogP contribution in [0.2, 0.25) is 0 Å². The number of hydrogen-bond donors (Lipinski definition) is 5. The van der Waals surface area contributed by atoms with Gasteiger partial charge >= 0.3 is 5.97 Å². The summed E-state index contributed by atoms with van der Waals surface area (Å²) < 4.78 is 5.75. The lowest BCUT2D eigenvalue weighted by Crippen LogP contribution is -2.48. The molecule has 3 unspecified atom stereocenters. The highest BCUT2D eigenvalue weighted by atomic mass is 16.5. The van der Waals surface area contributed by atoms with Crippen molar-refractivity contribution in [2.24, 2.45) is 0 Å². The van der Waals surface area contributed by atoms with Gasteiger partial charge in [-0.25, -0.2) is 4.79 Å². The first-order chi connectivity index (χ1) is 11.0. The van der Waals surface area contributed by atoms with Crippen LogP contribution in [-0.2, 0) is 4.79 Å². The zero-order valence-corrected chi connectivity index (χ0v) is 11.7. The summed E-state index contributed by atoms with van der Waals surface area (Å²) in [5.74, 6) is -1.51. The summed E-state index contributed by atoms with van der Waals surface area (Å²) in [4.78, 5) is 11.6. The number of carboxylic acids is 1. The predicted molar refractivity (Wildman–Crippen MR) is 79.2 cm³/mol. The Balaban J connectivity index is 1.97. The molecule has 2 aliphatic heterocycles.